The number of methoxy groups -OCH3 is 1. The van der Waals surface area contributed by atoms with Crippen LogP contribution in [-0.2, 0) is 9.53 Å². The number of hydrogen-bond acceptors (Lipinski definition) is 4. The standard InChI is InChI=1S/C22H29FN4O3/c1-14(2)27-13-17(12-25-27)21-16(10-19(28)26(21)8-9-30-4)11-24-22(29)18-7-5-6-15(3)20(18)23/h5-7,12-14,16,21H,8-11H2,1-4H3,(H,24,29)/t16-,21+/m0/s1. The summed E-state index contributed by atoms with van der Waals surface area (Å²) in [6, 6.07) is 4.72. The minimum absolute atomic E-state index is 0.00957. The van der Waals surface area contributed by atoms with E-state index < -0.39 is 11.7 Å². The summed E-state index contributed by atoms with van der Waals surface area (Å²) in [6.07, 6.45) is 4.03. The zero-order chi connectivity index (χ0) is 21.8. The molecular formula is C22H29FN4O3. The Labute approximate surface area is 176 Å². The lowest BCUT2D eigenvalue weighted by Gasteiger charge is -2.27. The van der Waals surface area contributed by atoms with E-state index >= 15 is 0 Å². The highest BCUT2D eigenvalue weighted by atomic mass is 19.1. The highest BCUT2D eigenvalue weighted by molar-refractivity contribution is 5.94. The number of halogens is 1. The van der Waals surface area contributed by atoms with Gasteiger partial charge in [0.25, 0.3) is 5.91 Å². The third-order valence-corrected chi connectivity index (χ3v) is 5.53. The summed E-state index contributed by atoms with van der Waals surface area (Å²) < 4.78 is 21.3. The Kier molecular flexibility index (Phi) is 6.87. The minimum atomic E-state index is -0.519. The molecule has 162 valence electrons. The van der Waals surface area contributed by atoms with Crippen LogP contribution in [0.25, 0.3) is 0 Å². The van der Waals surface area contributed by atoms with Crippen LogP contribution < -0.4 is 5.32 Å². The predicted octanol–water partition coefficient (Wildman–Crippen LogP) is 2.88. The number of carbonyl (C=O) groups excluding carboxylic acids is 2. The van der Waals surface area contributed by atoms with Crippen LogP contribution in [0.2, 0.25) is 0 Å². The van der Waals surface area contributed by atoms with Crippen molar-refractivity contribution < 1.29 is 18.7 Å². The maximum atomic E-state index is 14.3. The molecule has 0 aliphatic carbocycles. The lowest BCUT2D eigenvalue weighted by atomic mass is 9.95. The van der Waals surface area contributed by atoms with Gasteiger partial charge in [-0.25, -0.2) is 4.39 Å². The highest BCUT2D eigenvalue weighted by Gasteiger charge is 2.41. The fourth-order valence-corrected chi connectivity index (χ4v) is 3.88. The van der Waals surface area contributed by atoms with Crippen molar-refractivity contribution in [1.29, 1.82) is 0 Å². The molecule has 0 unspecified atom stereocenters. The second-order valence-corrected chi connectivity index (χ2v) is 7.98. The molecule has 30 heavy (non-hydrogen) atoms. The molecule has 1 aromatic carbocycles. The average molecular weight is 416 g/mol. The van der Waals surface area contributed by atoms with E-state index in [-0.39, 0.29) is 36.0 Å². The van der Waals surface area contributed by atoms with Gasteiger partial charge in [-0.2, -0.15) is 5.10 Å². The number of carbonyl (C=O) groups is 2. The number of aryl methyl sites for hydroxylation is 1. The van der Waals surface area contributed by atoms with Crippen LogP contribution in [0.3, 0.4) is 0 Å². The molecule has 2 amide bonds. The first kappa shape index (κ1) is 22.0. The van der Waals surface area contributed by atoms with Gasteiger partial charge in [0.05, 0.1) is 24.4 Å². The van der Waals surface area contributed by atoms with Crippen LogP contribution in [0.15, 0.2) is 30.6 Å². The summed E-state index contributed by atoms with van der Waals surface area (Å²) in [4.78, 5) is 27.0. The molecule has 0 bridgehead atoms. The van der Waals surface area contributed by atoms with Gasteiger partial charge in [0, 0.05) is 50.3 Å². The van der Waals surface area contributed by atoms with Crippen LogP contribution in [0.4, 0.5) is 4.39 Å². The first-order valence-corrected chi connectivity index (χ1v) is 10.2. The van der Waals surface area contributed by atoms with Gasteiger partial charge in [0.1, 0.15) is 5.82 Å². The molecule has 8 heteroatoms. The average Bonchev–Trinajstić information content (AvgIpc) is 3.31. The number of likely N-dealkylation sites (tertiary alicyclic amines) is 1. The van der Waals surface area contributed by atoms with Crippen molar-refractivity contribution in [1.82, 2.24) is 20.0 Å². The summed E-state index contributed by atoms with van der Waals surface area (Å²) >= 11 is 0. The molecule has 7 nitrogen and oxygen atoms in total. The minimum Gasteiger partial charge on any atom is -0.383 e. The van der Waals surface area contributed by atoms with Crippen molar-refractivity contribution >= 4 is 11.8 Å². The van der Waals surface area contributed by atoms with E-state index in [9.17, 15) is 14.0 Å². The molecule has 1 aliphatic heterocycles. The lowest BCUT2D eigenvalue weighted by molar-refractivity contribution is -0.129. The highest BCUT2D eigenvalue weighted by Crippen LogP contribution is 2.37. The predicted molar refractivity (Wildman–Crippen MR) is 111 cm³/mol. The zero-order valence-electron chi connectivity index (χ0n) is 17.9. The number of aromatic nitrogens is 2. The van der Waals surface area contributed by atoms with Crippen molar-refractivity contribution in [3.05, 3.63) is 53.1 Å². The molecule has 0 saturated carbocycles. The fraction of sp³-hybridized carbons (Fsp3) is 0.500. The van der Waals surface area contributed by atoms with Gasteiger partial charge < -0.3 is 15.0 Å². The van der Waals surface area contributed by atoms with E-state index in [0.29, 0.717) is 25.1 Å². The molecule has 1 aromatic heterocycles. The second-order valence-electron chi connectivity index (χ2n) is 7.98. The van der Waals surface area contributed by atoms with Crippen LogP contribution in [0.1, 0.15) is 53.8 Å². The zero-order valence-corrected chi connectivity index (χ0v) is 17.9. The normalized spacial score (nSPS) is 19.0. The van der Waals surface area contributed by atoms with Crippen LogP contribution in [0.5, 0.6) is 0 Å². The molecule has 2 aromatic rings. The Hall–Kier alpha value is -2.74. The van der Waals surface area contributed by atoms with E-state index in [2.05, 4.69) is 10.4 Å². The van der Waals surface area contributed by atoms with Crippen molar-refractivity contribution in [2.75, 3.05) is 26.8 Å². The van der Waals surface area contributed by atoms with Gasteiger partial charge >= 0.3 is 0 Å². The molecule has 1 fully saturated rings. The van der Waals surface area contributed by atoms with Gasteiger partial charge in [-0.15, -0.1) is 0 Å². The van der Waals surface area contributed by atoms with Crippen molar-refractivity contribution in [3.8, 4) is 0 Å². The Morgan fingerprint density at radius 1 is 1.40 bits per heavy atom. The number of amides is 2. The summed E-state index contributed by atoms with van der Waals surface area (Å²) in [7, 11) is 1.60. The van der Waals surface area contributed by atoms with E-state index in [1.54, 1.807) is 37.3 Å². The molecule has 0 radical (unpaired) electrons. The third kappa shape index (κ3) is 4.53. The van der Waals surface area contributed by atoms with Crippen molar-refractivity contribution in [2.45, 2.75) is 39.3 Å². The first-order valence-electron chi connectivity index (χ1n) is 10.2. The summed E-state index contributed by atoms with van der Waals surface area (Å²) in [5, 5.41) is 7.23. The molecule has 2 heterocycles. The SMILES string of the molecule is COCCN1C(=O)C[C@@H](CNC(=O)c2cccc(C)c2F)[C@@H]1c1cnn(C(C)C)c1. The smallest absolute Gasteiger partial charge is 0.254 e. The van der Waals surface area contributed by atoms with E-state index in [1.807, 2.05) is 24.7 Å². The number of nitrogens with zero attached hydrogens (tertiary/aromatic N) is 3. The third-order valence-electron chi connectivity index (χ3n) is 5.53. The largest absolute Gasteiger partial charge is 0.383 e. The fourth-order valence-electron chi connectivity index (χ4n) is 3.88. The lowest BCUT2D eigenvalue weighted by Crippen LogP contribution is -2.35. The number of hydrogen-bond donors (Lipinski definition) is 1. The first-order chi connectivity index (χ1) is 14.3. The van der Waals surface area contributed by atoms with Gasteiger partial charge in [-0.3, -0.25) is 14.3 Å². The number of nitrogens with one attached hydrogen (secondary N) is 1. The Bertz CT molecular complexity index is 912. The van der Waals surface area contributed by atoms with Gasteiger partial charge in [0.2, 0.25) is 5.91 Å². The molecule has 3 rings (SSSR count). The molecule has 0 spiro atoms. The Balaban J connectivity index is 1.79. The number of benzene rings is 1. The molecule has 1 saturated heterocycles. The monoisotopic (exact) mass is 416 g/mol. The molecule has 1 aliphatic rings. The maximum absolute atomic E-state index is 14.3. The van der Waals surface area contributed by atoms with E-state index in [0.717, 1.165) is 5.56 Å². The van der Waals surface area contributed by atoms with Gasteiger partial charge in [-0.05, 0) is 32.4 Å². The molecule has 2 atom stereocenters. The molecule has 1 N–H and O–H groups in total. The van der Waals surface area contributed by atoms with Crippen LogP contribution in [0, 0.1) is 18.7 Å². The second kappa shape index (κ2) is 9.38. The summed E-state index contributed by atoms with van der Waals surface area (Å²) in [5.41, 5.74) is 1.36. The quantitative estimate of drug-likeness (QED) is 0.718. The van der Waals surface area contributed by atoms with Gasteiger partial charge in [-0.1, -0.05) is 12.1 Å². The summed E-state index contributed by atoms with van der Waals surface area (Å²) in [5.74, 6) is -1.13. The van der Waals surface area contributed by atoms with Gasteiger partial charge in [0.15, 0.2) is 0 Å². The van der Waals surface area contributed by atoms with Crippen LogP contribution >= 0.6 is 0 Å². The Morgan fingerprint density at radius 2 is 2.17 bits per heavy atom. The van der Waals surface area contributed by atoms with Crippen molar-refractivity contribution in [3.63, 3.8) is 0 Å². The van der Waals surface area contributed by atoms with Crippen LogP contribution in [-0.4, -0.2) is 53.3 Å². The maximum Gasteiger partial charge on any atom is 0.254 e. The summed E-state index contributed by atoms with van der Waals surface area (Å²) in [6.45, 7) is 6.84. The number of rotatable bonds is 8. The van der Waals surface area contributed by atoms with E-state index in [4.69, 9.17) is 4.74 Å². The Morgan fingerprint density at radius 3 is 2.83 bits per heavy atom. The molecular weight excluding hydrogens is 387 g/mol. The topological polar surface area (TPSA) is 76.5 Å². The number of ether oxygens (including phenoxy) is 1. The van der Waals surface area contributed by atoms with Crippen molar-refractivity contribution in [2.24, 2.45) is 5.92 Å². The van der Waals surface area contributed by atoms with E-state index in [1.165, 1.54) is 6.07 Å².